The maximum atomic E-state index is 11.8. The molecule has 0 spiro atoms. The Hall–Kier alpha value is -2.66. The number of benzene rings is 2. The second kappa shape index (κ2) is 8.99. The first kappa shape index (κ1) is 17.2. The normalized spacial score (nSPS) is 10.4. The minimum absolute atomic E-state index is 0.00514. The summed E-state index contributed by atoms with van der Waals surface area (Å²) in [7, 11) is 0. The van der Waals surface area contributed by atoms with Crippen molar-refractivity contribution in [3.05, 3.63) is 71.7 Å². The van der Waals surface area contributed by atoms with Crippen LogP contribution in [-0.4, -0.2) is 24.0 Å². The lowest BCUT2D eigenvalue weighted by molar-refractivity contribution is -0.121. The van der Waals surface area contributed by atoms with Crippen LogP contribution in [0, 0.1) is 0 Å². The van der Waals surface area contributed by atoms with Crippen molar-refractivity contribution < 1.29 is 9.53 Å². The zero-order valence-corrected chi connectivity index (χ0v) is 14.7. The molecule has 0 bridgehead atoms. The SMILES string of the molecule is O=C(CCOc1ccccc1)NCCc1csc(-c2ccccc2)n1. The van der Waals surface area contributed by atoms with Crippen molar-refractivity contribution in [2.75, 3.05) is 13.2 Å². The van der Waals surface area contributed by atoms with Gasteiger partial charge in [0.2, 0.25) is 5.91 Å². The van der Waals surface area contributed by atoms with Crippen LogP contribution in [-0.2, 0) is 11.2 Å². The minimum Gasteiger partial charge on any atom is -0.493 e. The van der Waals surface area contributed by atoms with Crippen molar-refractivity contribution in [1.82, 2.24) is 10.3 Å². The number of hydrogen-bond donors (Lipinski definition) is 1. The number of thiazole rings is 1. The molecule has 0 atom stereocenters. The first-order valence-corrected chi connectivity index (χ1v) is 9.13. The number of para-hydroxylation sites is 1. The maximum absolute atomic E-state index is 11.8. The topological polar surface area (TPSA) is 51.2 Å². The highest BCUT2D eigenvalue weighted by molar-refractivity contribution is 7.13. The van der Waals surface area contributed by atoms with Crippen LogP contribution in [0.5, 0.6) is 5.75 Å². The first-order valence-electron chi connectivity index (χ1n) is 8.25. The number of carbonyl (C=O) groups is 1. The number of ether oxygens (including phenoxy) is 1. The van der Waals surface area contributed by atoms with Gasteiger partial charge in [0.25, 0.3) is 0 Å². The molecule has 1 heterocycles. The molecule has 1 amide bonds. The number of nitrogens with zero attached hydrogens (tertiary/aromatic N) is 1. The molecule has 1 N–H and O–H groups in total. The smallest absolute Gasteiger partial charge is 0.223 e. The molecule has 3 aromatic rings. The summed E-state index contributed by atoms with van der Waals surface area (Å²) in [4.78, 5) is 16.5. The van der Waals surface area contributed by atoms with Crippen LogP contribution < -0.4 is 10.1 Å². The Kier molecular flexibility index (Phi) is 6.17. The lowest BCUT2D eigenvalue weighted by Crippen LogP contribution is -2.27. The molecule has 0 aliphatic heterocycles. The first-order chi connectivity index (χ1) is 12.3. The van der Waals surface area contributed by atoms with Gasteiger partial charge in [-0.1, -0.05) is 48.5 Å². The average molecular weight is 352 g/mol. The third-order valence-electron chi connectivity index (χ3n) is 3.62. The largest absolute Gasteiger partial charge is 0.493 e. The summed E-state index contributed by atoms with van der Waals surface area (Å²) in [6, 6.07) is 19.6. The van der Waals surface area contributed by atoms with E-state index in [0.717, 1.165) is 28.4 Å². The summed E-state index contributed by atoms with van der Waals surface area (Å²) >= 11 is 1.63. The molecule has 3 rings (SSSR count). The fourth-order valence-corrected chi connectivity index (χ4v) is 3.19. The van der Waals surface area contributed by atoms with E-state index in [-0.39, 0.29) is 5.91 Å². The Balaban J connectivity index is 1.36. The van der Waals surface area contributed by atoms with E-state index < -0.39 is 0 Å². The van der Waals surface area contributed by atoms with E-state index >= 15 is 0 Å². The van der Waals surface area contributed by atoms with E-state index in [2.05, 4.69) is 22.4 Å². The Morgan fingerprint density at radius 2 is 1.76 bits per heavy atom. The number of amides is 1. The molecule has 0 aliphatic carbocycles. The predicted molar refractivity (Wildman–Crippen MR) is 101 cm³/mol. The molecule has 0 unspecified atom stereocenters. The van der Waals surface area contributed by atoms with Gasteiger partial charge in [0.1, 0.15) is 10.8 Å². The minimum atomic E-state index is -0.00514. The highest BCUT2D eigenvalue weighted by atomic mass is 32.1. The third kappa shape index (κ3) is 5.43. The van der Waals surface area contributed by atoms with Crippen LogP contribution in [0.4, 0.5) is 0 Å². The quantitative estimate of drug-likeness (QED) is 0.668. The average Bonchev–Trinajstić information content (AvgIpc) is 3.12. The van der Waals surface area contributed by atoms with E-state index in [0.29, 0.717) is 19.6 Å². The molecule has 1 aromatic heterocycles. The molecule has 0 aliphatic rings. The fraction of sp³-hybridized carbons (Fsp3) is 0.200. The highest BCUT2D eigenvalue weighted by Crippen LogP contribution is 2.23. The lowest BCUT2D eigenvalue weighted by atomic mass is 10.2. The molecule has 25 heavy (non-hydrogen) atoms. The summed E-state index contributed by atoms with van der Waals surface area (Å²) in [6.07, 6.45) is 1.08. The Labute approximate surface area is 151 Å². The van der Waals surface area contributed by atoms with Gasteiger partial charge in [-0.25, -0.2) is 4.98 Å². The van der Waals surface area contributed by atoms with E-state index in [9.17, 15) is 4.79 Å². The summed E-state index contributed by atoms with van der Waals surface area (Å²) in [6.45, 7) is 0.965. The number of hydrogen-bond acceptors (Lipinski definition) is 4. The van der Waals surface area contributed by atoms with Crippen LogP contribution in [0.25, 0.3) is 10.6 Å². The molecule has 5 heteroatoms. The molecular formula is C20H20N2O2S. The van der Waals surface area contributed by atoms with Gasteiger partial charge in [0.15, 0.2) is 0 Å². The lowest BCUT2D eigenvalue weighted by Gasteiger charge is -2.06. The van der Waals surface area contributed by atoms with Crippen molar-refractivity contribution in [3.63, 3.8) is 0 Å². The van der Waals surface area contributed by atoms with Gasteiger partial charge in [0, 0.05) is 23.9 Å². The summed E-state index contributed by atoms with van der Waals surface area (Å²) in [5, 5.41) is 5.97. The van der Waals surface area contributed by atoms with Gasteiger partial charge in [-0.15, -0.1) is 11.3 Å². The van der Waals surface area contributed by atoms with Crippen molar-refractivity contribution in [2.24, 2.45) is 0 Å². The van der Waals surface area contributed by atoms with Gasteiger partial charge < -0.3 is 10.1 Å². The van der Waals surface area contributed by atoms with Crippen molar-refractivity contribution in [1.29, 1.82) is 0 Å². The second-order valence-electron chi connectivity index (χ2n) is 5.52. The molecule has 128 valence electrons. The third-order valence-corrected chi connectivity index (χ3v) is 4.56. The van der Waals surface area contributed by atoms with Crippen LogP contribution >= 0.6 is 11.3 Å². The predicted octanol–water partition coefficient (Wildman–Crippen LogP) is 3.94. The van der Waals surface area contributed by atoms with E-state index in [1.165, 1.54) is 0 Å². The number of nitrogens with one attached hydrogen (secondary N) is 1. The zero-order valence-electron chi connectivity index (χ0n) is 13.9. The maximum Gasteiger partial charge on any atom is 0.223 e. The van der Waals surface area contributed by atoms with Gasteiger partial charge in [-0.3, -0.25) is 4.79 Å². The molecule has 0 saturated heterocycles. The van der Waals surface area contributed by atoms with Crippen molar-refractivity contribution in [3.8, 4) is 16.3 Å². The standard InChI is InChI=1S/C20H20N2O2S/c23-19(12-14-24-18-9-5-2-6-10-18)21-13-11-17-15-25-20(22-17)16-7-3-1-4-8-16/h1-10,15H,11-14H2,(H,21,23). The highest BCUT2D eigenvalue weighted by Gasteiger charge is 2.06. The molecule has 0 saturated carbocycles. The van der Waals surface area contributed by atoms with Crippen molar-refractivity contribution >= 4 is 17.2 Å². The fourth-order valence-electron chi connectivity index (χ4n) is 2.33. The number of aromatic nitrogens is 1. The summed E-state index contributed by atoms with van der Waals surface area (Å²) in [5.41, 5.74) is 2.13. The molecule has 0 fully saturated rings. The molecular weight excluding hydrogens is 332 g/mol. The zero-order chi connectivity index (χ0) is 17.3. The molecule has 2 aromatic carbocycles. The summed E-state index contributed by atoms with van der Waals surface area (Å²) < 4.78 is 5.52. The summed E-state index contributed by atoms with van der Waals surface area (Å²) in [5.74, 6) is 0.778. The molecule has 0 radical (unpaired) electrons. The van der Waals surface area contributed by atoms with Crippen LogP contribution in [0.1, 0.15) is 12.1 Å². The Morgan fingerprint density at radius 3 is 2.52 bits per heavy atom. The number of carbonyl (C=O) groups excluding carboxylic acids is 1. The van der Waals surface area contributed by atoms with Crippen LogP contribution in [0.3, 0.4) is 0 Å². The van der Waals surface area contributed by atoms with E-state index in [4.69, 9.17) is 4.74 Å². The number of rotatable bonds is 8. The van der Waals surface area contributed by atoms with Gasteiger partial charge in [-0.2, -0.15) is 0 Å². The van der Waals surface area contributed by atoms with Crippen LogP contribution in [0.15, 0.2) is 66.0 Å². The Morgan fingerprint density at radius 1 is 1.04 bits per heavy atom. The van der Waals surface area contributed by atoms with Gasteiger partial charge >= 0.3 is 0 Å². The molecule has 4 nitrogen and oxygen atoms in total. The van der Waals surface area contributed by atoms with E-state index in [1.54, 1.807) is 11.3 Å². The van der Waals surface area contributed by atoms with Crippen LogP contribution in [0.2, 0.25) is 0 Å². The van der Waals surface area contributed by atoms with Gasteiger partial charge in [-0.05, 0) is 12.1 Å². The second-order valence-corrected chi connectivity index (χ2v) is 6.38. The monoisotopic (exact) mass is 352 g/mol. The van der Waals surface area contributed by atoms with E-state index in [1.807, 2.05) is 53.9 Å². The van der Waals surface area contributed by atoms with Crippen molar-refractivity contribution in [2.45, 2.75) is 12.8 Å². The van der Waals surface area contributed by atoms with Gasteiger partial charge in [0.05, 0.1) is 18.7 Å². The Bertz CT molecular complexity index is 788.